The Balaban J connectivity index is 2.07. The zero-order chi connectivity index (χ0) is 13.8. The van der Waals surface area contributed by atoms with Crippen LogP contribution >= 0.6 is 0 Å². The molecule has 2 N–H and O–H groups in total. The van der Waals surface area contributed by atoms with Gasteiger partial charge in [0.15, 0.2) is 0 Å². The van der Waals surface area contributed by atoms with Crippen molar-refractivity contribution in [1.82, 2.24) is 10.2 Å². The van der Waals surface area contributed by atoms with Crippen molar-refractivity contribution < 1.29 is 14.0 Å². The smallest absolute Gasteiger partial charge is 0.322 e. The van der Waals surface area contributed by atoms with Gasteiger partial charge >= 0.3 is 6.03 Å². The first-order valence-electron chi connectivity index (χ1n) is 6.17. The molecule has 1 heterocycles. The van der Waals surface area contributed by atoms with Gasteiger partial charge in [0.05, 0.1) is 5.69 Å². The molecule has 1 aliphatic rings. The van der Waals surface area contributed by atoms with Gasteiger partial charge in [-0.05, 0) is 25.0 Å². The van der Waals surface area contributed by atoms with Gasteiger partial charge in [0.25, 0.3) is 0 Å². The minimum atomic E-state index is -0.494. The van der Waals surface area contributed by atoms with Crippen LogP contribution < -0.4 is 10.6 Å². The number of nitrogens with one attached hydrogen (secondary N) is 2. The van der Waals surface area contributed by atoms with Gasteiger partial charge in [-0.2, -0.15) is 0 Å². The van der Waals surface area contributed by atoms with Crippen LogP contribution in [0.2, 0.25) is 0 Å². The summed E-state index contributed by atoms with van der Waals surface area (Å²) in [6.45, 7) is 0.498. The van der Waals surface area contributed by atoms with Crippen molar-refractivity contribution in [2.45, 2.75) is 18.9 Å². The predicted octanol–water partition coefficient (Wildman–Crippen LogP) is 1.57. The Morgan fingerprint density at radius 2 is 2.11 bits per heavy atom. The topological polar surface area (TPSA) is 61.4 Å². The van der Waals surface area contributed by atoms with Crippen LogP contribution in [0, 0.1) is 5.82 Å². The molecule has 0 spiro atoms. The third-order valence-corrected chi connectivity index (χ3v) is 3.18. The van der Waals surface area contributed by atoms with Crippen molar-refractivity contribution in [3.8, 4) is 0 Å². The van der Waals surface area contributed by atoms with E-state index in [-0.39, 0.29) is 11.6 Å². The molecule has 0 bridgehead atoms. The van der Waals surface area contributed by atoms with Crippen molar-refractivity contribution in [3.05, 3.63) is 30.1 Å². The van der Waals surface area contributed by atoms with Gasteiger partial charge in [0.2, 0.25) is 5.91 Å². The molecule has 1 saturated heterocycles. The molecule has 1 aromatic carbocycles. The van der Waals surface area contributed by atoms with Crippen LogP contribution in [0.4, 0.5) is 14.9 Å². The zero-order valence-electron chi connectivity index (χ0n) is 10.6. The molecule has 0 saturated carbocycles. The third-order valence-electron chi connectivity index (χ3n) is 3.18. The Kier molecular flexibility index (Phi) is 3.99. The standard InChI is InChI=1S/C13H16FN3O2/c1-15-12(18)11-7-4-8-17(11)13(19)16-10-6-3-2-5-9(10)14/h2-3,5-6,11H,4,7-8H2,1H3,(H,15,18)(H,16,19). The highest BCUT2D eigenvalue weighted by Crippen LogP contribution is 2.20. The number of para-hydroxylation sites is 1. The van der Waals surface area contributed by atoms with E-state index in [9.17, 15) is 14.0 Å². The number of nitrogens with zero attached hydrogens (tertiary/aromatic N) is 1. The lowest BCUT2D eigenvalue weighted by Crippen LogP contribution is -2.46. The van der Waals surface area contributed by atoms with Crippen LogP contribution in [0.5, 0.6) is 0 Å². The molecule has 1 unspecified atom stereocenters. The van der Waals surface area contributed by atoms with E-state index < -0.39 is 17.9 Å². The van der Waals surface area contributed by atoms with Gasteiger partial charge in [0, 0.05) is 13.6 Å². The minimum absolute atomic E-state index is 0.120. The molecular weight excluding hydrogens is 249 g/mol. The molecule has 1 aliphatic heterocycles. The molecule has 0 radical (unpaired) electrons. The summed E-state index contributed by atoms with van der Waals surface area (Å²) in [4.78, 5) is 25.1. The van der Waals surface area contributed by atoms with E-state index in [2.05, 4.69) is 10.6 Å². The fraction of sp³-hybridized carbons (Fsp3) is 0.385. The Labute approximate surface area is 110 Å². The van der Waals surface area contributed by atoms with Gasteiger partial charge in [0.1, 0.15) is 11.9 Å². The van der Waals surface area contributed by atoms with E-state index in [0.29, 0.717) is 13.0 Å². The normalized spacial score (nSPS) is 18.2. The van der Waals surface area contributed by atoms with Crippen molar-refractivity contribution in [2.75, 3.05) is 18.9 Å². The molecule has 0 aliphatic carbocycles. The number of hydrogen-bond acceptors (Lipinski definition) is 2. The summed E-state index contributed by atoms with van der Waals surface area (Å²) >= 11 is 0. The van der Waals surface area contributed by atoms with Crippen molar-refractivity contribution in [3.63, 3.8) is 0 Å². The molecule has 102 valence electrons. The van der Waals surface area contributed by atoms with E-state index in [0.717, 1.165) is 6.42 Å². The number of carbonyl (C=O) groups is 2. The van der Waals surface area contributed by atoms with Crippen LogP contribution in [0.15, 0.2) is 24.3 Å². The van der Waals surface area contributed by atoms with Gasteiger partial charge in [-0.1, -0.05) is 12.1 Å². The first-order chi connectivity index (χ1) is 9.13. The van der Waals surface area contributed by atoms with Crippen LogP contribution in [-0.4, -0.2) is 36.5 Å². The lowest BCUT2D eigenvalue weighted by Gasteiger charge is -2.23. The highest BCUT2D eigenvalue weighted by atomic mass is 19.1. The fourth-order valence-electron chi connectivity index (χ4n) is 2.20. The second-order valence-electron chi connectivity index (χ2n) is 4.38. The number of halogens is 1. The largest absolute Gasteiger partial charge is 0.357 e. The molecule has 5 nitrogen and oxygen atoms in total. The van der Waals surface area contributed by atoms with E-state index >= 15 is 0 Å². The summed E-state index contributed by atoms with van der Waals surface area (Å²) in [7, 11) is 1.54. The van der Waals surface area contributed by atoms with Crippen molar-refractivity contribution >= 4 is 17.6 Å². The number of hydrogen-bond donors (Lipinski definition) is 2. The zero-order valence-corrected chi connectivity index (χ0v) is 10.6. The maximum atomic E-state index is 13.4. The molecule has 6 heteroatoms. The molecule has 2 rings (SSSR count). The van der Waals surface area contributed by atoms with Crippen molar-refractivity contribution in [1.29, 1.82) is 0 Å². The maximum Gasteiger partial charge on any atom is 0.322 e. The Morgan fingerprint density at radius 3 is 2.79 bits per heavy atom. The molecular formula is C13H16FN3O2. The highest BCUT2D eigenvalue weighted by Gasteiger charge is 2.33. The average Bonchev–Trinajstić information content (AvgIpc) is 2.90. The van der Waals surface area contributed by atoms with Gasteiger partial charge in [-0.15, -0.1) is 0 Å². The monoisotopic (exact) mass is 265 g/mol. The number of rotatable bonds is 2. The van der Waals surface area contributed by atoms with Crippen LogP contribution in [-0.2, 0) is 4.79 Å². The quantitative estimate of drug-likeness (QED) is 0.852. The summed E-state index contributed by atoms with van der Waals surface area (Å²) in [5, 5.41) is 5.03. The fourth-order valence-corrected chi connectivity index (χ4v) is 2.20. The molecule has 19 heavy (non-hydrogen) atoms. The van der Waals surface area contributed by atoms with Crippen molar-refractivity contribution in [2.24, 2.45) is 0 Å². The van der Waals surface area contributed by atoms with Gasteiger partial charge < -0.3 is 15.5 Å². The maximum absolute atomic E-state index is 13.4. The summed E-state index contributed by atoms with van der Waals surface area (Å²) in [6, 6.07) is 5.02. The van der Waals surface area contributed by atoms with Gasteiger partial charge in [-0.25, -0.2) is 9.18 Å². The summed E-state index contributed by atoms with van der Waals surface area (Å²) in [6.07, 6.45) is 1.40. The molecule has 1 atom stereocenters. The number of benzene rings is 1. The summed E-state index contributed by atoms with van der Waals surface area (Å²) in [5.74, 6) is -0.687. The molecule has 1 aromatic rings. The predicted molar refractivity (Wildman–Crippen MR) is 69.2 cm³/mol. The van der Waals surface area contributed by atoms with E-state index in [1.807, 2.05) is 0 Å². The number of carbonyl (C=O) groups excluding carboxylic acids is 2. The molecule has 1 fully saturated rings. The minimum Gasteiger partial charge on any atom is -0.357 e. The number of anilines is 1. The number of amides is 3. The van der Waals surface area contributed by atoms with Crippen LogP contribution in [0.3, 0.4) is 0 Å². The lowest BCUT2D eigenvalue weighted by molar-refractivity contribution is -0.124. The third kappa shape index (κ3) is 2.83. The number of likely N-dealkylation sites (N-methyl/N-ethyl adjacent to an activating group) is 1. The Bertz CT molecular complexity index is 493. The second kappa shape index (κ2) is 5.69. The molecule has 0 aromatic heterocycles. The van der Waals surface area contributed by atoms with Gasteiger partial charge in [-0.3, -0.25) is 4.79 Å². The Hall–Kier alpha value is -2.11. The average molecular weight is 265 g/mol. The highest BCUT2D eigenvalue weighted by molar-refractivity contribution is 5.94. The van der Waals surface area contributed by atoms with E-state index in [1.165, 1.54) is 24.1 Å². The van der Waals surface area contributed by atoms with E-state index in [4.69, 9.17) is 0 Å². The Morgan fingerprint density at radius 1 is 1.37 bits per heavy atom. The second-order valence-corrected chi connectivity index (χ2v) is 4.38. The number of urea groups is 1. The first-order valence-corrected chi connectivity index (χ1v) is 6.17. The van der Waals surface area contributed by atoms with Crippen LogP contribution in [0.1, 0.15) is 12.8 Å². The molecule has 3 amide bonds. The van der Waals surface area contributed by atoms with E-state index in [1.54, 1.807) is 12.1 Å². The first kappa shape index (κ1) is 13.3. The SMILES string of the molecule is CNC(=O)C1CCCN1C(=O)Nc1ccccc1F. The van der Waals surface area contributed by atoms with Crippen LogP contribution in [0.25, 0.3) is 0 Å². The summed E-state index contributed by atoms with van der Waals surface area (Å²) < 4.78 is 13.4. The lowest BCUT2D eigenvalue weighted by atomic mass is 10.2. The number of likely N-dealkylation sites (tertiary alicyclic amines) is 1. The summed E-state index contributed by atoms with van der Waals surface area (Å²) in [5.41, 5.74) is 0.120.